The molecule has 3 aromatic heterocycles. The van der Waals surface area contributed by atoms with Gasteiger partial charge in [-0.05, 0) is 36.4 Å². The van der Waals surface area contributed by atoms with Crippen molar-refractivity contribution in [3.05, 3.63) is 95.7 Å². The van der Waals surface area contributed by atoms with Crippen molar-refractivity contribution in [3.8, 4) is 22.5 Å². The quantitative estimate of drug-likeness (QED) is 0.343. The van der Waals surface area contributed by atoms with Gasteiger partial charge < -0.3 is 9.40 Å². The SMILES string of the molecule is C=CCn1c(Sc2c(-c3ccccc3)c3ccccc3[nH]c2=O)nnc1-c1ccoc1C. The lowest BCUT2D eigenvalue weighted by atomic mass is 10.0. The number of aryl methyl sites for hydroxylation is 1. The molecule has 2 aromatic carbocycles. The Balaban J connectivity index is 1.71. The number of allylic oxidation sites excluding steroid dienone is 1. The van der Waals surface area contributed by atoms with Crippen LogP contribution in [0.4, 0.5) is 0 Å². The van der Waals surface area contributed by atoms with Gasteiger partial charge in [0.25, 0.3) is 5.56 Å². The molecule has 0 saturated heterocycles. The first-order valence-corrected chi connectivity index (χ1v) is 11.0. The Bertz CT molecular complexity index is 1480. The van der Waals surface area contributed by atoms with Gasteiger partial charge >= 0.3 is 0 Å². The van der Waals surface area contributed by atoms with Crippen LogP contribution in [0.25, 0.3) is 33.4 Å². The number of hydrogen-bond donors (Lipinski definition) is 1. The number of rotatable bonds is 6. The minimum Gasteiger partial charge on any atom is -0.469 e. The van der Waals surface area contributed by atoms with Crippen molar-refractivity contribution in [1.29, 1.82) is 0 Å². The van der Waals surface area contributed by atoms with Gasteiger partial charge in [0.1, 0.15) is 5.76 Å². The van der Waals surface area contributed by atoms with Gasteiger partial charge in [0.15, 0.2) is 11.0 Å². The van der Waals surface area contributed by atoms with Crippen molar-refractivity contribution in [2.45, 2.75) is 23.5 Å². The molecule has 0 atom stereocenters. The first kappa shape index (κ1) is 20.1. The first-order valence-electron chi connectivity index (χ1n) is 10.1. The summed E-state index contributed by atoms with van der Waals surface area (Å²) in [5.41, 5.74) is 3.34. The van der Waals surface area contributed by atoms with E-state index in [1.165, 1.54) is 11.8 Å². The van der Waals surface area contributed by atoms with Crippen LogP contribution in [0.15, 0.2) is 98.8 Å². The van der Waals surface area contributed by atoms with Crippen LogP contribution in [0.5, 0.6) is 0 Å². The molecule has 5 rings (SSSR count). The molecule has 5 aromatic rings. The van der Waals surface area contributed by atoms with E-state index in [0.717, 1.165) is 33.4 Å². The highest BCUT2D eigenvalue weighted by Gasteiger charge is 2.21. The number of fused-ring (bicyclic) bond motifs is 1. The van der Waals surface area contributed by atoms with E-state index < -0.39 is 0 Å². The molecular weight excluding hydrogens is 420 g/mol. The molecule has 6 nitrogen and oxygen atoms in total. The minimum absolute atomic E-state index is 0.165. The van der Waals surface area contributed by atoms with Gasteiger partial charge in [0, 0.05) is 23.0 Å². The van der Waals surface area contributed by atoms with Crippen molar-refractivity contribution in [3.63, 3.8) is 0 Å². The lowest BCUT2D eigenvalue weighted by molar-refractivity contribution is 0.534. The number of benzene rings is 2. The summed E-state index contributed by atoms with van der Waals surface area (Å²) in [7, 11) is 0. The van der Waals surface area contributed by atoms with Crippen molar-refractivity contribution in [1.82, 2.24) is 19.7 Å². The van der Waals surface area contributed by atoms with Crippen molar-refractivity contribution >= 4 is 22.7 Å². The topological polar surface area (TPSA) is 76.7 Å². The Kier molecular flexibility index (Phi) is 5.25. The number of nitrogens with zero attached hydrogens (tertiary/aromatic N) is 3. The lowest BCUT2D eigenvalue weighted by Crippen LogP contribution is -2.11. The second kappa shape index (κ2) is 8.36. The fourth-order valence-corrected chi connectivity index (χ4v) is 4.79. The molecule has 32 heavy (non-hydrogen) atoms. The molecule has 0 saturated carbocycles. The fourth-order valence-electron chi connectivity index (χ4n) is 3.78. The predicted octanol–water partition coefficient (Wildman–Crippen LogP) is 5.69. The molecule has 0 fully saturated rings. The lowest BCUT2D eigenvalue weighted by Gasteiger charge is -2.13. The Morgan fingerprint density at radius 3 is 2.62 bits per heavy atom. The number of pyridine rings is 1. The van der Waals surface area contributed by atoms with Crippen LogP contribution in [0.2, 0.25) is 0 Å². The fraction of sp³-hybridized carbons (Fsp3) is 0.0800. The molecule has 0 aliphatic carbocycles. The van der Waals surface area contributed by atoms with Gasteiger partial charge in [0.2, 0.25) is 0 Å². The zero-order valence-electron chi connectivity index (χ0n) is 17.4. The Morgan fingerprint density at radius 2 is 1.88 bits per heavy atom. The summed E-state index contributed by atoms with van der Waals surface area (Å²) in [5, 5.41) is 10.4. The summed E-state index contributed by atoms with van der Waals surface area (Å²) >= 11 is 1.31. The molecule has 1 N–H and O–H groups in total. The number of para-hydroxylation sites is 1. The molecule has 0 aliphatic heterocycles. The summed E-state index contributed by atoms with van der Waals surface area (Å²) in [6.45, 7) is 6.26. The van der Waals surface area contributed by atoms with Crippen molar-refractivity contribution in [2.24, 2.45) is 0 Å². The molecule has 3 heterocycles. The Labute approximate surface area is 188 Å². The minimum atomic E-state index is -0.165. The molecule has 0 bridgehead atoms. The summed E-state index contributed by atoms with van der Waals surface area (Å²) in [4.78, 5) is 16.8. The van der Waals surface area contributed by atoms with E-state index in [0.29, 0.717) is 22.4 Å². The van der Waals surface area contributed by atoms with Crippen LogP contribution in [0.1, 0.15) is 5.76 Å². The van der Waals surface area contributed by atoms with Crippen LogP contribution in [-0.4, -0.2) is 19.7 Å². The zero-order chi connectivity index (χ0) is 22.1. The Hall–Kier alpha value is -3.84. The monoisotopic (exact) mass is 440 g/mol. The van der Waals surface area contributed by atoms with Crippen molar-refractivity contribution in [2.75, 3.05) is 0 Å². The maximum atomic E-state index is 13.2. The normalized spacial score (nSPS) is 11.2. The number of hydrogen-bond acceptors (Lipinski definition) is 5. The summed E-state index contributed by atoms with van der Waals surface area (Å²) in [6, 6.07) is 19.6. The number of H-pyrrole nitrogens is 1. The zero-order valence-corrected chi connectivity index (χ0v) is 18.2. The van der Waals surface area contributed by atoms with Crippen LogP contribution in [0, 0.1) is 6.92 Å². The van der Waals surface area contributed by atoms with E-state index in [9.17, 15) is 4.79 Å². The third kappa shape index (κ3) is 3.46. The van der Waals surface area contributed by atoms with E-state index in [1.807, 2.05) is 72.2 Å². The third-order valence-corrected chi connectivity index (χ3v) is 6.34. The van der Waals surface area contributed by atoms with Crippen molar-refractivity contribution < 1.29 is 4.42 Å². The molecular formula is C25H20N4O2S. The second-order valence-corrected chi connectivity index (χ2v) is 8.25. The van der Waals surface area contributed by atoms with E-state index >= 15 is 0 Å². The average molecular weight is 441 g/mol. The van der Waals surface area contributed by atoms with Crippen LogP contribution in [-0.2, 0) is 6.54 Å². The van der Waals surface area contributed by atoms with E-state index in [-0.39, 0.29) is 5.56 Å². The van der Waals surface area contributed by atoms with Gasteiger partial charge in [-0.3, -0.25) is 9.36 Å². The first-order chi connectivity index (χ1) is 15.7. The van der Waals surface area contributed by atoms with E-state index in [4.69, 9.17) is 4.42 Å². The smallest absolute Gasteiger partial charge is 0.263 e. The second-order valence-electron chi connectivity index (χ2n) is 7.27. The molecule has 7 heteroatoms. The van der Waals surface area contributed by atoms with Gasteiger partial charge in [-0.1, -0.05) is 54.6 Å². The summed E-state index contributed by atoms with van der Waals surface area (Å²) in [6.07, 6.45) is 3.42. The number of furan rings is 1. The highest BCUT2D eigenvalue weighted by molar-refractivity contribution is 7.99. The highest BCUT2D eigenvalue weighted by atomic mass is 32.2. The number of aromatic amines is 1. The van der Waals surface area contributed by atoms with Crippen LogP contribution in [0.3, 0.4) is 0 Å². The molecule has 0 spiro atoms. The van der Waals surface area contributed by atoms with Gasteiger partial charge in [-0.25, -0.2) is 0 Å². The molecule has 0 aliphatic rings. The molecule has 0 unspecified atom stereocenters. The van der Waals surface area contributed by atoms with Crippen LogP contribution < -0.4 is 5.56 Å². The predicted molar refractivity (Wildman–Crippen MR) is 127 cm³/mol. The average Bonchev–Trinajstić information content (AvgIpc) is 3.40. The summed E-state index contributed by atoms with van der Waals surface area (Å²) < 4.78 is 7.40. The Morgan fingerprint density at radius 1 is 1.09 bits per heavy atom. The highest BCUT2D eigenvalue weighted by Crippen LogP contribution is 2.38. The number of nitrogens with one attached hydrogen (secondary N) is 1. The maximum Gasteiger partial charge on any atom is 0.263 e. The van der Waals surface area contributed by atoms with Crippen LogP contribution >= 0.6 is 11.8 Å². The molecule has 0 radical (unpaired) electrons. The van der Waals surface area contributed by atoms with Gasteiger partial charge in [0.05, 0.1) is 16.7 Å². The maximum absolute atomic E-state index is 13.2. The summed E-state index contributed by atoms with van der Waals surface area (Å²) in [5.74, 6) is 1.44. The molecule has 158 valence electrons. The number of aromatic nitrogens is 4. The third-order valence-electron chi connectivity index (χ3n) is 5.26. The van der Waals surface area contributed by atoms with E-state index in [1.54, 1.807) is 12.3 Å². The molecule has 0 amide bonds. The largest absolute Gasteiger partial charge is 0.469 e. The standard InChI is InChI=1S/C25H20N4O2S/c1-3-14-29-23(18-13-15-31-16(18)2)27-28-25(29)32-22-21(17-9-5-4-6-10-17)19-11-7-8-12-20(19)26-24(22)30/h3-13,15H,1,14H2,2H3,(H,26,30). The van der Waals surface area contributed by atoms with Gasteiger partial charge in [-0.15, -0.1) is 16.8 Å². The van der Waals surface area contributed by atoms with Gasteiger partial charge in [-0.2, -0.15) is 0 Å². The van der Waals surface area contributed by atoms with E-state index in [2.05, 4.69) is 21.8 Å².